The van der Waals surface area contributed by atoms with E-state index in [1.807, 2.05) is 0 Å². The Morgan fingerprint density at radius 2 is 1.76 bits per heavy atom. The van der Waals surface area contributed by atoms with E-state index in [1.54, 1.807) is 0 Å². The van der Waals surface area contributed by atoms with Gasteiger partial charge in [-0.1, -0.05) is 19.3 Å². The van der Waals surface area contributed by atoms with E-state index in [0.717, 1.165) is 19.3 Å². The fourth-order valence-corrected chi connectivity index (χ4v) is 2.42. The number of hydrogen-bond donors (Lipinski definition) is 0. The molecule has 1 aliphatic carbocycles. The fourth-order valence-electron chi connectivity index (χ4n) is 1.83. The summed E-state index contributed by atoms with van der Waals surface area (Å²) in [5.41, 5.74) is -5.48. The molecule has 0 saturated heterocycles. The van der Waals surface area contributed by atoms with Gasteiger partial charge in [-0.05, 0) is 12.8 Å². The van der Waals surface area contributed by atoms with Crippen molar-refractivity contribution in [2.24, 2.45) is 5.92 Å². The van der Waals surface area contributed by atoms with E-state index in [2.05, 4.69) is 4.18 Å². The zero-order valence-corrected chi connectivity index (χ0v) is 9.72. The first-order valence-corrected chi connectivity index (χ1v) is 6.58. The summed E-state index contributed by atoms with van der Waals surface area (Å²) in [5.74, 6) is -0.439. The molecule has 0 aromatic rings. The topological polar surface area (TPSA) is 67.2 Å². The summed E-state index contributed by atoms with van der Waals surface area (Å²) < 4.78 is 61.7. The zero-order chi connectivity index (χ0) is 13.1. The number of hydrogen-bond acceptors (Lipinski definition) is 4. The van der Waals surface area contributed by atoms with E-state index in [4.69, 9.17) is 5.26 Å². The summed E-state index contributed by atoms with van der Waals surface area (Å²) in [4.78, 5) is 0. The summed E-state index contributed by atoms with van der Waals surface area (Å²) in [7, 11) is -5.68. The lowest BCUT2D eigenvalue weighted by Gasteiger charge is -2.25. The van der Waals surface area contributed by atoms with Crippen LogP contribution in [0.1, 0.15) is 32.1 Å². The van der Waals surface area contributed by atoms with Crippen molar-refractivity contribution < 1.29 is 25.8 Å². The molecule has 0 spiro atoms. The average molecular weight is 271 g/mol. The van der Waals surface area contributed by atoms with Gasteiger partial charge in [0.15, 0.2) is 6.10 Å². The van der Waals surface area contributed by atoms with Gasteiger partial charge in [-0.3, -0.25) is 0 Å². The van der Waals surface area contributed by atoms with Crippen molar-refractivity contribution in [2.75, 3.05) is 0 Å². The lowest BCUT2D eigenvalue weighted by molar-refractivity contribution is -0.0577. The Labute approximate surface area is 97.5 Å². The smallest absolute Gasteiger partial charge is 0.244 e. The summed E-state index contributed by atoms with van der Waals surface area (Å²) >= 11 is 0. The molecular formula is C9H12F3NO3S. The number of alkyl halides is 3. The molecule has 0 heterocycles. The van der Waals surface area contributed by atoms with Gasteiger partial charge in [0.2, 0.25) is 0 Å². The van der Waals surface area contributed by atoms with E-state index in [9.17, 15) is 21.6 Å². The van der Waals surface area contributed by atoms with Crippen molar-refractivity contribution in [3.8, 4) is 6.07 Å². The number of halogens is 3. The van der Waals surface area contributed by atoms with E-state index in [0.29, 0.717) is 12.8 Å². The van der Waals surface area contributed by atoms with Gasteiger partial charge in [0, 0.05) is 5.92 Å². The summed E-state index contributed by atoms with van der Waals surface area (Å²) in [6.07, 6.45) is 2.00. The van der Waals surface area contributed by atoms with Crippen LogP contribution in [0.3, 0.4) is 0 Å². The van der Waals surface area contributed by atoms with Gasteiger partial charge < -0.3 is 0 Å². The molecule has 1 atom stereocenters. The molecule has 1 unspecified atom stereocenters. The molecule has 1 saturated carbocycles. The zero-order valence-electron chi connectivity index (χ0n) is 8.90. The van der Waals surface area contributed by atoms with Crippen LogP contribution in [0, 0.1) is 17.2 Å². The third kappa shape index (κ3) is 3.57. The maximum atomic E-state index is 12.1. The molecule has 1 aliphatic rings. The van der Waals surface area contributed by atoms with Crippen LogP contribution in [-0.2, 0) is 14.3 Å². The minimum absolute atomic E-state index is 0.439. The van der Waals surface area contributed by atoms with Crippen LogP contribution in [0.5, 0.6) is 0 Å². The standard InChI is InChI=1S/C9H12F3NO3S/c10-9(11,12)17(14,15)16-8(6-13)7-4-2-1-3-5-7/h7-8H,1-5H2. The molecule has 1 rings (SSSR count). The second kappa shape index (κ2) is 5.23. The Bertz CT molecular complexity index is 393. The normalized spacial score (nSPS) is 20.8. The quantitative estimate of drug-likeness (QED) is 0.583. The highest BCUT2D eigenvalue weighted by molar-refractivity contribution is 7.87. The van der Waals surface area contributed by atoms with Crippen molar-refractivity contribution in [3.63, 3.8) is 0 Å². The van der Waals surface area contributed by atoms with Gasteiger partial charge in [-0.25, -0.2) is 4.18 Å². The second-order valence-electron chi connectivity index (χ2n) is 3.94. The molecule has 0 bridgehead atoms. The van der Waals surface area contributed by atoms with Crippen LogP contribution in [0.25, 0.3) is 0 Å². The van der Waals surface area contributed by atoms with E-state index in [1.165, 1.54) is 6.07 Å². The Hall–Kier alpha value is -0.810. The molecule has 0 aliphatic heterocycles. The first kappa shape index (κ1) is 14.3. The van der Waals surface area contributed by atoms with Gasteiger partial charge >= 0.3 is 15.6 Å². The van der Waals surface area contributed by atoms with Crippen molar-refractivity contribution in [3.05, 3.63) is 0 Å². The highest BCUT2D eigenvalue weighted by atomic mass is 32.2. The molecule has 0 N–H and O–H groups in total. The number of nitriles is 1. The lowest BCUT2D eigenvalue weighted by Crippen LogP contribution is -2.33. The Morgan fingerprint density at radius 3 is 2.18 bits per heavy atom. The van der Waals surface area contributed by atoms with Crippen LogP contribution in [0.2, 0.25) is 0 Å². The Kier molecular flexibility index (Phi) is 4.38. The maximum Gasteiger partial charge on any atom is 0.523 e. The number of nitrogens with zero attached hydrogens (tertiary/aromatic N) is 1. The molecule has 0 aromatic carbocycles. The van der Waals surface area contributed by atoms with Gasteiger partial charge in [0.05, 0.1) is 6.07 Å². The fraction of sp³-hybridized carbons (Fsp3) is 0.889. The monoisotopic (exact) mass is 271 g/mol. The summed E-state index contributed by atoms with van der Waals surface area (Å²) in [5, 5.41) is 8.70. The Morgan fingerprint density at radius 1 is 1.24 bits per heavy atom. The predicted molar refractivity (Wildman–Crippen MR) is 52.0 cm³/mol. The highest BCUT2D eigenvalue weighted by Crippen LogP contribution is 2.32. The molecular weight excluding hydrogens is 259 g/mol. The first-order chi connectivity index (χ1) is 7.78. The SMILES string of the molecule is N#CC(OS(=O)(=O)C(F)(F)F)C1CCCCC1. The molecule has 8 heteroatoms. The minimum Gasteiger partial charge on any atom is -0.244 e. The second-order valence-corrected chi connectivity index (χ2v) is 5.51. The summed E-state index contributed by atoms with van der Waals surface area (Å²) in [6, 6.07) is 1.50. The number of rotatable bonds is 3. The van der Waals surface area contributed by atoms with Crippen LogP contribution < -0.4 is 0 Å². The largest absolute Gasteiger partial charge is 0.523 e. The van der Waals surface area contributed by atoms with Gasteiger partial charge in [0.1, 0.15) is 0 Å². The highest BCUT2D eigenvalue weighted by Gasteiger charge is 2.49. The van der Waals surface area contributed by atoms with Crippen molar-refractivity contribution in [2.45, 2.75) is 43.7 Å². The summed E-state index contributed by atoms with van der Waals surface area (Å²) in [6.45, 7) is 0. The van der Waals surface area contributed by atoms with E-state index in [-0.39, 0.29) is 0 Å². The van der Waals surface area contributed by atoms with Crippen molar-refractivity contribution in [1.82, 2.24) is 0 Å². The predicted octanol–water partition coefficient (Wildman–Crippen LogP) is 2.33. The van der Waals surface area contributed by atoms with Crippen LogP contribution in [0.4, 0.5) is 13.2 Å². The molecule has 4 nitrogen and oxygen atoms in total. The van der Waals surface area contributed by atoms with Gasteiger partial charge in [-0.2, -0.15) is 26.9 Å². The molecule has 17 heavy (non-hydrogen) atoms. The molecule has 0 aromatic heterocycles. The van der Waals surface area contributed by atoms with Gasteiger partial charge in [-0.15, -0.1) is 0 Å². The molecule has 98 valence electrons. The lowest BCUT2D eigenvalue weighted by atomic mass is 9.86. The third-order valence-electron chi connectivity index (χ3n) is 2.72. The molecule has 0 radical (unpaired) electrons. The molecule has 0 amide bonds. The van der Waals surface area contributed by atoms with E-state index >= 15 is 0 Å². The third-order valence-corrected chi connectivity index (χ3v) is 3.75. The van der Waals surface area contributed by atoms with Crippen LogP contribution in [-0.4, -0.2) is 20.0 Å². The minimum atomic E-state index is -5.68. The Balaban J connectivity index is 2.74. The van der Waals surface area contributed by atoms with E-state index < -0.39 is 27.6 Å². The van der Waals surface area contributed by atoms with Crippen LogP contribution >= 0.6 is 0 Å². The van der Waals surface area contributed by atoms with Crippen molar-refractivity contribution >= 4 is 10.1 Å². The van der Waals surface area contributed by atoms with Gasteiger partial charge in [0.25, 0.3) is 0 Å². The van der Waals surface area contributed by atoms with Crippen molar-refractivity contribution in [1.29, 1.82) is 5.26 Å². The first-order valence-electron chi connectivity index (χ1n) is 5.17. The molecule has 1 fully saturated rings. The average Bonchev–Trinajstić information content (AvgIpc) is 2.25. The van der Waals surface area contributed by atoms with Crippen LogP contribution in [0.15, 0.2) is 0 Å². The maximum absolute atomic E-state index is 12.1.